The molecule has 1 aromatic heterocycles. The number of amides is 1. The largest absolute Gasteiger partial charge is 0.365 e. The number of nitrogens with two attached hydrogens (primary N) is 1. The third kappa shape index (κ3) is 3.55. The van der Waals surface area contributed by atoms with Gasteiger partial charge < -0.3 is 5.73 Å². The monoisotopic (exact) mass is 245 g/mol. The fourth-order valence-corrected chi connectivity index (χ4v) is 1.07. The van der Waals surface area contributed by atoms with E-state index in [2.05, 4.69) is 6.92 Å². The van der Waals surface area contributed by atoms with Gasteiger partial charge in [0.05, 0.1) is 0 Å². The molecule has 4 heteroatoms. The van der Waals surface area contributed by atoms with Crippen LogP contribution < -0.4 is 10.3 Å². The second kappa shape index (κ2) is 5.70. The van der Waals surface area contributed by atoms with Gasteiger partial charge in [-0.25, -0.2) is 4.57 Å². The van der Waals surface area contributed by atoms with Gasteiger partial charge in [-0.2, -0.15) is 0 Å². The molecule has 0 radical (unpaired) electrons. The van der Waals surface area contributed by atoms with Gasteiger partial charge in [-0.05, 0) is 6.07 Å². The number of nitrogens with zero attached hydrogens (tertiary/aromatic N) is 1. The highest BCUT2D eigenvalue weighted by molar-refractivity contribution is 8.93. The quantitative estimate of drug-likeness (QED) is 0.796. The average Bonchev–Trinajstić information content (AvgIpc) is 2.05. The lowest BCUT2D eigenvalue weighted by molar-refractivity contribution is -0.697. The van der Waals surface area contributed by atoms with E-state index in [-0.39, 0.29) is 22.9 Å². The van der Waals surface area contributed by atoms with Crippen molar-refractivity contribution in [1.29, 1.82) is 0 Å². The lowest BCUT2D eigenvalue weighted by Crippen LogP contribution is -2.34. The van der Waals surface area contributed by atoms with E-state index >= 15 is 0 Å². The van der Waals surface area contributed by atoms with Crippen LogP contribution in [0, 0.1) is 0 Å². The van der Waals surface area contributed by atoms with Gasteiger partial charge in [-0.1, -0.05) is 6.92 Å². The molecule has 1 amide bonds. The summed E-state index contributed by atoms with van der Waals surface area (Å²) in [5, 5.41) is 0. The summed E-state index contributed by atoms with van der Waals surface area (Å²) >= 11 is 0. The van der Waals surface area contributed by atoms with Crippen molar-refractivity contribution >= 4 is 22.9 Å². The van der Waals surface area contributed by atoms with Crippen molar-refractivity contribution in [3.8, 4) is 0 Å². The molecule has 0 spiro atoms. The Hall–Kier alpha value is -0.900. The predicted molar refractivity (Wildman–Crippen MR) is 55.8 cm³/mol. The zero-order valence-corrected chi connectivity index (χ0v) is 9.28. The summed E-state index contributed by atoms with van der Waals surface area (Å²) in [7, 11) is 0. The number of aromatic nitrogens is 1. The molecule has 3 nitrogen and oxygen atoms in total. The first-order chi connectivity index (χ1) is 5.74. The van der Waals surface area contributed by atoms with Crippen molar-refractivity contribution < 1.29 is 9.36 Å². The molecule has 0 aliphatic rings. The highest BCUT2D eigenvalue weighted by Gasteiger charge is 2.05. The minimum atomic E-state index is -0.375. The number of hydrogen-bond donors (Lipinski definition) is 1. The van der Waals surface area contributed by atoms with Crippen LogP contribution in [0.25, 0.3) is 0 Å². The number of halogens is 1. The lowest BCUT2D eigenvalue weighted by Gasteiger charge is -1.94. The van der Waals surface area contributed by atoms with Crippen LogP contribution in [0.2, 0.25) is 0 Å². The van der Waals surface area contributed by atoms with Crippen molar-refractivity contribution in [2.45, 2.75) is 19.9 Å². The van der Waals surface area contributed by atoms with Gasteiger partial charge in [0.2, 0.25) is 0 Å². The number of hydrogen-bond acceptors (Lipinski definition) is 1. The summed E-state index contributed by atoms with van der Waals surface area (Å²) in [5.74, 6) is -0.375. The Labute approximate surface area is 88.3 Å². The predicted octanol–water partition coefficient (Wildman–Crippen LogP) is 1.06. The molecule has 0 fully saturated rings. The molecule has 1 heterocycles. The maximum absolute atomic E-state index is 10.8. The number of carbonyl (C=O) groups is 1. The summed E-state index contributed by atoms with van der Waals surface area (Å²) in [5.41, 5.74) is 5.69. The minimum Gasteiger partial charge on any atom is -0.365 e. The maximum Gasteiger partial charge on any atom is 0.254 e. The highest BCUT2D eigenvalue weighted by atomic mass is 79.9. The number of carbonyl (C=O) groups excluding carboxylic acids is 1. The third-order valence-electron chi connectivity index (χ3n) is 1.62. The number of aryl methyl sites for hydroxylation is 1. The van der Waals surface area contributed by atoms with Gasteiger partial charge in [-0.3, -0.25) is 4.79 Å². The molecular weight excluding hydrogens is 232 g/mol. The van der Waals surface area contributed by atoms with E-state index in [4.69, 9.17) is 5.73 Å². The molecule has 1 rings (SSSR count). The first kappa shape index (κ1) is 12.1. The van der Waals surface area contributed by atoms with E-state index in [1.54, 1.807) is 12.3 Å². The SMILES string of the molecule is Br.CCC[n+]1cccc(C(N)=O)c1. The van der Waals surface area contributed by atoms with E-state index in [1.165, 1.54) is 0 Å². The maximum atomic E-state index is 10.8. The van der Waals surface area contributed by atoms with Gasteiger partial charge in [0.15, 0.2) is 12.4 Å². The summed E-state index contributed by atoms with van der Waals surface area (Å²) in [6, 6.07) is 3.55. The minimum absolute atomic E-state index is 0. The number of pyridine rings is 1. The standard InChI is InChI=1S/C9H12N2O.BrH/c1-2-5-11-6-3-4-8(7-11)9(10)12;/h3-4,6-7H,2,5H2,1H3,(H-,10,12);1H/p+1. The average molecular weight is 246 g/mol. The van der Waals surface area contributed by atoms with E-state index in [0.717, 1.165) is 13.0 Å². The lowest BCUT2D eigenvalue weighted by atomic mass is 10.3. The molecule has 0 atom stereocenters. The molecule has 0 saturated heterocycles. The zero-order chi connectivity index (χ0) is 8.97. The molecule has 0 aliphatic heterocycles. The van der Waals surface area contributed by atoms with E-state index < -0.39 is 0 Å². The molecule has 0 saturated carbocycles. The Morgan fingerprint density at radius 3 is 2.85 bits per heavy atom. The highest BCUT2D eigenvalue weighted by Crippen LogP contribution is 1.92. The summed E-state index contributed by atoms with van der Waals surface area (Å²) in [4.78, 5) is 10.8. The van der Waals surface area contributed by atoms with Gasteiger partial charge in [0, 0.05) is 12.5 Å². The van der Waals surface area contributed by atoms with Crippen molar-refractivity contribution in [3.05, 3.63) is 30.1 Å². The molecule has 13 heavy (non-hydrogen) atoms. The van der Waals surface area contributed by atoms with Gasteiger partial charge >= 0.3 is 0 Å². The van der Waals surface area contributed by atoms with E-state index in [0.29, 0.717) is 5.56 Å². The number of primary amides is 1. The Bertz CT molecular complexity index is 289. The van der Waals surface area contributed by atoms with Crippen LogP contribution in [-0.2, 0) is 6.54 Å². The fraction of sp³-hybridized carbons (Fsp3) is 0.333. The molecule has 0 aliphatic carbocycles. The van der Waals surface area contributed by atoms with Crippen molar-refractivity contribution in [2.75, 3.05) is 0 Å². The van der Waals surface area contributed by atoms with Crippen molar-refractivity contribution in [1.82, 2.24) is 0 Å². The van der Waals surface area contributed by atoms with Crippen LogP contribution in [0.3, 0.4) is 0 Å². The molecule has 2 N–H and O–H groups in total. The number of rotatable bonds is 3. The smallest absolute Gasteiger partial charge is 0.254 e. The van der Waals surface area contributed by atoms with Crippen LogP contribution in [-0.4, -0.2) is 5.91 Å². The zero-order valence-electron chi connectivity index (χ0n) is 7.56. The normalized spacial score (nSPS) is 9.00. The van der Waals surface area contributed by atoms with Gasteiger partial charge in [0.1, 0.15) is 12.1 Å². The molecule has 0 bridgehead atoms. The van der Waals surface area contributed by atoms with Gasteiger partial charge in [0.25, 0.3) is 5.91 Å². The van der Waals surface area contributed by atoms with Crippen molar-refractivity contribution in [3.63, 3.8) is 0 Å². The van der Waals surface area contributed by atoms with Crippen LogP contribution in [0.1, 0.15) is 23.7 Å². The summed E-state index contributed by atoms with van der Waals surface area (Å²) < 4.78 is 1.96. The van der Waals surface area contributed by atoms with Gasteiger partial charge in [-0.15, -0.1) is 17.0 Å². The topological polar surface area (TPSA) is 47.0 Å². The molecular formula is C9H14BrN2O+. The van der Waals surface area contributed by atoms with Crippen molar-refractivity contribution in [2.24, 2.45) is 5.73 Å². The second-order valence-corrected chi connectivity index (χ2v) is 2.69. The first-order valence-electron chi connectivity index (χ1n) is 4.03. The summed E-state index contributed by atoms with van der Waals surface area (Å²) in [6.45, 7) is 3.01. The summed E-state index contributed by atoms with van der Waals surface area (Å²) in [6.07, 6.45) is 4.74. The molecule has 72 valence electrons. The van der Waals surface area contributed by atoms with E-state index in [9.17, 15) is 4.79 Å². The van der Waals surface area contributed by atoms with E-state index in [1.807, 2.05) is 16.8 Å². The molecule has 0 aromatic carbocycles. The Morgan fingerprint density at radius 1 is 1.62 bits per heavy atom. The fourth-order valence-electron chi connectivity index (χ4n) is 1.07. The van der Waals surface area contributed by atoms with Crippen LogP contribution in [0.4, 0.5) is 0 Å². The van der Waals surface area contributed by atoms with Crippen LogP contribution in [0.5, 0.6) is 0 Å². The Balaban J connectivity index is 0.00000144. The van der Waals surface area contributed by atoms with Crippen LogP contribution in [0.15, 0.2) is 24.5 Å². The Kier molecular flexibility index (Phi) is 5.30. The molecule has 0 unspecified atom stereocenters. The first-order valence-corrected chi connectivity index (χ1v) is 4.03. The van der Waals surface area contributed by atoms with Crippen LogP contribution >= 0.6 is 17.0 Å². The Morgan fingerprint density at radius 2 is 2.31 bits per heavy atom. The molecule has 1 aromatic rings. The second-order valence-electron chi connectivity index (χ2n) is 2.69. The third-order valence-corrected chi connectivity index (χ3v) is 1.62.